The van der Waals surface area contributed by atoms with E-state index in [1.54, 1.807) is 6.92 Å². The lowest BCUT2D eigenvalue weighted by atomic mass is 10.2. The van der Waals surface area contributed by atoms with Crippen molar-refractivity contribution in [3.63, 3.8) is 0 Å². The Labute approximate surface area is 115 Å². The fraction of sp³-hybridized carbons (Fsp3) is 0.364. The Hall–Kier alpha value is -2.00. The zero-order valence-corrected chi connectivity index (χ0v) is 11.6. The van der Waals surface area contributed by atoms with E-state index in [0.717, 1.165) is 0 Å². The molecule has 0 aromatic heterocycles. The molecule has 1 N–H and O–H groups in total. The van der Waals surface area contributed by atoms with Crippen LogP contribution in [0.3, 0.4) is 0 Å². The lowest BCUT2D eigenvalue weighted by molar-refractivity contribution is -0.384. The molecule has 0 bridgehead atoms. The maximum Gasteiger partial charge on any atom is 0.320 e. The topological polar surface area (TPSA) is 116 Å². The number of benzene rings is 1. The molecule has 8 nitrogen and oxygen atoms in total. The van der Waals surface area contributed by atoms with Crippen LogP contribution in [-0.2, 0) is 25.3 Å². The first-order valence-corrected chi connectivity index (χ1v) is 7.35. The standard InChI is InChI=1S/C11H14N2O6S/c1-2-19-11(14)7-12-20(17,18)8-9-3-5-10(6-4-9)13(15)16/h3-6,12H,2,7-8H2,1H3. The van der Waals surface area contributed by atoms with Gasteiger partial charge in [-0.25, -0.2) is 13.1 Å². The van der Waals surface area contributed by atoms with Gasteiger partial charge in [-0.15, -0.1) is 0 Å². The minimum absolute atomic E-state index is 0.120. The molecule has 0 aliphatic heterocycles. The summed E-state index contributed by atoms with van der Waals surface area (Å²) in [6, 6.07) is 5.13. The summed E-state index contributed by atoms with van der Waals surface area (Å²) in [7, 11) is -3.70. The van der Waals surface area contributed by atoms with Crippen molar-refractivity contribution in [2.24, 2.45) is 0 Å². The molecule has 0 saturated heterocycles. The second kappa shape index (κ2) is 6.96. The molecule has 0 fully saturated rings. The number of nitro groups is 1. The van der Waals surface area contributed by atoms with Crippen molar-refractivity contribution >= 4 is 21.7 Å². The smallest absolute Gasteiger partial charge is 0.320 e. The lowest BCUT2D eigenvalue weighted by Gasteiger charge is -2.06. The van der Waals surface area contributed by atoms with E-state index in [2.05, 4.69) is 9.46 Å². The van der Waals surface area contributed by atoms with Crippen LogP contribution in [0.4, 0.5) is 5.69 Å². The molecule has 0 aliphatic rings. The van der Waals surface area contributed by atoms with Crippen LogP contribution < -0.4 is 4.72 Å². The van der Waals surface area contributed by atoms with Crippen LogP contribution in [0.2, 0.25) is 0 Å². The van der Waals surface area contributed by atoms with Crippen LogP contribution in [0.5, 0.6) is 0 Å². The average Bonchev–Trinajstić information content (AvgIpc) is 2.37. The molecule has 20 heavy (non-hydrogen) atoms. The monoisotopic (exact) mass is 302 g/mol. The van der Waals surface area contributed by atoms with E-state index in [9.17, 15) is 23.3 Å². The van der Waals surface area contributed by atoms with Gasteiger partial charge in [0.25, 0.3) is 5.69 Å². The molecule has 110 valence electrons. The first-order chi connectivity index (χ1) is 9.34. The Morgan fingerprint density at radius 3 is 2.45 bits per heavy atom. The number of nitrogens with one attached hydrogen (secondary N) is 1. The van der Waals surface area contributed by atoms with Gasteiger partial charge in [0.05, 0.1) is 17.3 Å². The van der Waals surface area contributed by atoms with Crippen LogP contribution in [0.15, 0.2) is 24.3 Å². The predicted molar refractivity (Wildman–Crippen MR) is 70.4 cm³/mol. The van der Waals surface area contributed by atoms with Gasteiger partial charge in [-0.2, -0.15) is 0 Å². The normalized spacial score (nSPS) is 11.1. The number of nitrogens with zero attached hydrogens (tertiary/aromatic N) is 1. The number of non-ortho nitro benzene ring substituents is 1. The number of ether oxygens (including phenoxy) is 1. The highest BCUT2D eigenvalue weighted by molar-refractivity contribution is 7.88. The van der Waals surface area contributed by atoms with Gasteiger partial charge in [-0.1, -0.05) is 12.1 Å². The summed E-state index contributed by atoms with van der Waals surface area (Å²) < 4.78 is 30.0. The van der Waals surface area contributed by atoms with Crippen molar-refractivity contribution in [1.82, 2.24) is 4.72 Å². The molecule has 0 saturated carbocycles. The summed E-state index contributed by atoms with van der Waals surface area (Å²) >= 11 is 0. The number of carbonyl (C=O) groups is 1. The van der Waals surface area contributed by atoms with Crippen LogP contribution in [-0.4, -0.2) is 32.5 Å². The molecule has 0 radical (unpaired) electrons. The van der Waals surface area contributed by atoms with Crippen LogP contribution in [0.1, 0.15) is 12.5 Å². The predicted octanol–water partition coefficient (Wildman–Crippen LogP) is 0.577. The molecular weight excluding hydrogens is 288 g/mol. The number of nitro benzene ring substituents is 1. The Morgan fingerprint density at radius 2 is 1.95 bits per heavy atom. The average molecular weight is 302 g/mol. The van der Waals surface area contributed by atoms with Gasteiger partial charge in [-0.05, 0) is 12.5 Å². The quantitative estimate of drug-likeness (QED) is 0.447. The van der Waals surface area contributed by atoms with Gasteiger partial charge < -0.3 is 4.74 Å². The number of esters is 1. The third-order valence-electron chi connectivity index (χ3n) is 2.25. The molecule has 0 amide bonds. The molecule has 0 unspecified atom stereocenters. The molecule has 1 aromatic carbocycles. The molecule has 1 aromatic rings. The summed E-state index contributed by atoms with van der Waals surface area (Å²) in [5.74, 6) is -1.04. The molecular formula is C11H14N2O6S. The molecule has 0 atom stereocenters. The maximum atomic E-state index is 11.7. The zero-order chi connectivity index (χ0) is 15.2. The Kier molecular flexibility index (Phi) is 5.59. The molecule has 0 aliphatic carbocycles. The third-order valence-corrected chi connectivity index (χ3v) is 3.54. The summed E-state index contributed by atoms with van der Waals surface area (Å²) in [6.45, 7) is 1.34. The largest absolute Gasteiger partial charge is 0.465 e. The van der Waals surface area contributed by atoms with Crippen LogP contribution in [0.25, 0.3) is 0 Å². The Balaban J connectivity index is 2.62. The summed E-state index contributed by atoms with van der Waals surface area (Å²) in [5, 5.41) is 10.5. The lowest BCUT2D eigenvalue weighted by Crippen LogP contribution is -2.31. The summed E-state index contributed by atoms with van der Waals surface area (Å²) in [4.78, 5) is 20.9. The first-order valence-electron chi connectivity index (χ1n) is 5.70. The third kappa shape index (κ3) is 5.33. The number of hydrogen-bond donors (Lipinski definition) is 1. The van der Waals surface area contributed by atoms with E-state index < -0.39 is 27.5 Å². The van der Waals surface area contributed by atoms with Gasteiger partial charge in [-0.3, -0.25) is 14.9 Å². The van der Waals surface area contributed by atoms with Crippen LogP contribution in [0, 0.1) is 10.1 Å². The van der Waals surface area contributed by atoms with Crippen molar-refractivity contribution in [2.45, 2.75) is 12.7 Å². The number of carbonyl (C=O) groups excluding carboxylic acids is 1. The Morgan fingerprint density at radius 1 is 1.35 bits per heavy atom. The highest BCUT2D eigenvalue weighted by atomic mass is 32.2. The summed E-state index contributed by atoms with van der Waals surface area (Å²) in [5.41, 5.74) is 0.262. The molecule has 1 rings (SSSR count). The highest BCUT2D eigenvalue weighted by Gasteiger charge is 2.14. The second-order valence-electron chi connectivity index (χ2n) is 3.81. The van der Waals surface area contributed by atoms with Gasteiger partial charge in [0.1, 0.15) is 6.54 Å². The van der Waals surface area contributed by atoms with Gasteiger partial charge in [0.15, 0.2) is 0 Å². The van der Waals surface area contributed by atoms with Gasteiger partial charge in [0.2, 0.25) is 10.0 Å². The van der Waals surface area contributed by atoms with E-state index in [4.69, 9.17) is 0 Å². The van der Waals surface area contributed by atoms with E-state index in [1.165, 1.54) is 24.3 Å². The fourth-order valence-corrected chi connectivity index (χ4v) is 2.44. The van der Waals surface area contributed by atoms with E-state index in [-0.39, 0.29) is 18.0 Å². The number of hydrogen-bond acceptors (Lipinski definition) is 6. The molecule has 0 spiro atoms. The van der Waals surface area contributed by atoms with E-state index >= 15 is 0 Å². The van der Waals surface area contributed by atoms with Crippen molar-refractivity contribution in [3.8, 4) is 0 Å². The maximum absolute atomic E-state index is 11.7. The highest BCUT2D eigenvalue weighted by Crippen LogP contribution is 2.13. The second-order valence-corrected chi connectivity index (χ2v) is 5.62. The van der Waals surface area contributed by atoms with Crippen LogP contribution >= 0.6 is 0 Å². The van der Waals surface area contributed by atoms with Crippen molar-refractivity contribution in [3.05, 3.63) is 39.9 Å². The molecule has 0 heterocycles. The summed E-state index contributed by atoms with van der Waals surface area (Å²) in [6.07, 6.45) is 0. The van der Waals surface area contributed by atoms with Gasteiger partial charge in [0, 0.05) is 12.1 Å². The van der Waals surface area contributed by atoms with Crippen molar-refractivity contribution in [1.29, 1.82) is 0 Å². The zero-order valence-electron chi connectivity index (χ0n) is 10.7. The number of sulfonamides is 1. The minimum atomic E-state index is -3.70. The SMILES string of the molecule is CCOC(=O)CNS(=O)(=O)Cc1ccc([N+](=O)[O-])cc1. The first kappa shape index (κ1) is 16.1. The number of rotatable bonds is 7. The van der Waals surface area contributed by atoms with Gasteiger partial charge >= 0.3 is 5.97 Å². The van der Waals surface area contributed by atoms with Crippen molar-refractivity contribution < 1.29 is 22.9 Å². The van der Waals surface area contributed by atoms with E-state index in [0.29, 0.717) is 5.56 Å². The fourth-order valence-electron chi connectivity index (χ4n) is 1.37. The van der Waals surface area contributed by atoms with Crippen molar-refractivity contribution in [2.75, 3.05) is 13.2 Å². The minimum Gasteiger partial charge on any atom is -0.465 e. The Bertz CT molecular complexity index is 581. The molecule has 9 heteroatoms. The van der Waals surface area contributed by atoms with E-state index in [1.807, 2.05) is 0 Å².